The molecule has 0 spiro atoms. The zero-order valence-electron chi connectivity index (χ0n) is 11.8. The first kappa shape index (κ1) is 13.5. The molecule has 3 heterocycles. The van der Waals surface area contributed by atoms with Gasteiger partial charge in [-0.25, -0.2) is 9.78 Å². The molecule has 0 radical (unpaired) electrons. The minimum absolute atomic E-state index is 0.231. The van der Waals surface area contributed by atoms with Crippen LogP contribution >= 0.6 is 0 Å². The molecular weight excluding hydrogens is 270 g/mol. The normalized spacial score (nSPS) is 16.0. The zero-order chi connectivity index (χ0) is 14.7. The Morgan fingerprint density at radius 3 is 2.67 bits per heavy atom. The maximum absolute atomic E-state index is 11.3. The molecule has 1 aliphatic rings. The summed E-state index contributed by atoms with van der Waals surface area (Å²) < 4.78 is 6.77. The van der Waals surface area contributed by atoms with Gasteiger partial charge in [0, 0.05) is 31.5 Å². The molecule has 7 nitrogen and oxygen atoms in total. The number of esters is 1. The van der Waals surface area contributed by atoms with Crippen molar-refractivity contribution in [2.24, 2.45) is 0 Å². The first-order valence-electron chi connectivity index (χ1n) is 6.92. The fourth-order valence-corrected chi connectivity index (χ4v) is 2.59. The van der Waals surface area contributed by atoms with Gasteiger partial charge in [-0.2, -0.15) is 0 Å². The van der Waals surface area contributed by atoms with Crippen LogP contribution in [0.25, 0.3) is 0 Å². The van der Waals surface area contributed by atoms with E-state index in [0.717, 1.165) is 31.7 Å². The molecule has 110 valence electrons. The molecule has 1 aliphatic heterocycles. The third kappa shape index (κ3) is 2.86. The van der Waals surface area contributed by atoms with Crippen molar-refractivity contribution in [3.63, 3.8) is 0 Å². The maximum Gasteiger partial charge on any atom is 0.358 e. The molecule has 21 heavy (non-hydrogen) atoms. The lowest BCUT2D eigenvalue weighted by Gasteiger charge is -2.32. The minimum Gasteiger partial charge on any atom is -0.464 e. The second kappa shape index (κ2) is 5.90. The van der Waals surface area contributed by atoms with Crippen molar-refractivity contribution in [1.29, 1.82) is 0 Å². The van der Waals surface area contributed by atoms with E-state index in [4.69, 9.17) is 0 Å². The quantitative estimate of drug-likeness (QED) is 0.792. The van der Waals surface area contributed by atoms with Gasteiger partial charge in [0.15, 0.2) is 11.5 Å². The highest BCUT2D eigenvalue weighted by Gasteiger charge is 2.21. The van der Waals surface area contributed by atoms with Crippen LogP contribution in [0.1, 0.15) is 29.4 Å². The van der Waals surface area contributed by atoms with Gasteiger partial charge >= 0.3 is 5.97 Å². The Morgan fingerprint density at radius 2 is 2.10 bits per heavy atom. The number of hydrogen-bond donors (Lipinski definition) is 0. The van der Waals surface area contributed by atoms with E-state index in [1.165, 1.54) is 7.11 Å². The van der Waals surface area contributed by atoms with Crippen LogP contribution in [0.2, 0.25) is 0 Å². The predicted molar refractivity (Wildman–Crippen MR) is 76.1 cm³/mol. The SMILES string of the molecule is COC(=O)c1ccc(N2CCC(n3ccnc3)CC2)nn1. The molecule has 0 aromatic carbocycles. The third-order valence-corrected chi connectivity index (χ3v) is 3.78. The highest BCUT2D eigenvalue weighted by atomic mass is 16.5. The summed E-state index contributed by atoms with van der Waals surface area (Å²) in [6, 6.07) is 3.96. The predicted octanol–water partition coefficient (Wildman–Crippen LogP) is 1.30. The van der Waals surface area contributed by atoms with E-state index in [1.54, 1.807) is 6.07 Å². The van der Waals surface area contributed by atoms with Crippen molar-refractivity contribution in [2.75, 3.05) is 25.1 Å². The molecule has 1 saturated heterocycles. The Labute approximate surface area is 122 Å². The second-order valence-corrected chi connectivity index (χ2v) is 5.00. The molecule has 0 aliphatic carbocycles. The van der Waals surface area contributed by atoms with Crippen LogP contribution in [0, 0.1) is 0 Å². The van der Waals surface area contributed by atoms with Crippen LogP contribution in [0.5, 0.6) is 0 Å². The average molecular weight is 287 g/mol. The molecular formula is C14H17N5O2. The number of methoxy groups -OCH3 is 1. The summed E-state index contributed by atoms with van der Waals surface area (Å²) in [5, 5.41) is 8.03. The Kier molecular flexibility index (Phi) is 3.81. The fraction of sp³-hybridized carbons (Fsp3) is 0.429. The lowest BCUT2D eigenvalue weighted by molar-refractivity contribution is 0.0592. The van der Waals surface area contributed by atoms with E-state index in [1.807, 2.05) is 24.8 Å². The summed E-state index contributed by atoms with van der Waals surface area (Å²) in [6.07, 6.45) is 7.76. The van der Waals surface area contributed by atoms with Gasteiger partial charge in [0.1, 0.15) is 0 Å². The molecule has 2 aromatic rings. The van der Waals surface area contributed by atoms with E-state index in [2.05, 4.69) is 29.4 Å². The van der Waals surface area contributed by atoms with E-state index in [-0.39, 0.29) is 5.69 Å². The Balaban J connectivity index is 1.63. The van der Waals surface area contributed by atoms with Gasteiger partial charge in [0.2, 0.25) is 0 Å². The van der Waals surface area contributed by atoms with Gasteiger partial charge in [-0.1, -0.05) is 0 Å². The van der Waals surface area contributed by atoms with Crippen LogP contribution in [0.15, 0.2) is 30.9 Å². The van der Waals surface area contributed by atoms with E-state index < -0.39 is 5.97 Å². The standard InChI is InChI=1S/C14H17N5O2/c1-21-14(20)12-2-3-13(17-16-12)18-7-4-11(5-8-18)19-9-6-15-10-19/h2-3,6,9-11H,4-5,7-8H2,1H3. The summed E-state index contributed by atoms with van der Waals surface area (Å²) in [5.41, 5.74) is 0.231. The molecule has 0 atom stereocenters. The summed E-state index contributed by atoms with van der Waals surface area (Å²) >= 11 is 0. The molecule has 0 saturated carbocycles. The van der Waals surface area contributed by atoms with Gasteiger partial charge < -0.3 is 14.2 Å². The van der Waals surface area contributed by atoms with Crippen molar-refractivity contribution < 1.29 is 9.53 Å². The average Bonchev–Trinajstić information content (AvgIpc) is 3.09. The topological polar surface area (TPSA) is 73.1 Å². The van der Waals surface area contributed by atoms with E-state index in [9.17, 15) is 4.79 Å². The van der Waals surface area contributed by atoms with Crippen molar-refractivity contribution in [3.05, 3.63) is 36.5 Å². The number of imidazole rings is 1. The van der Waals surface area contributed by atoms with Crippen molar-refractivity contribution in [1.82, 2.24) is 19.7 Å². The van der Waals surface area contributed by atoms with Crippen molar-refractivity contribution >= 4 is 11.8 Å². The van der Waals surface area contributed by atoms with Crippen LogP contribution in [0.4, 0.5) is 5.82 Å². The van der Waals surface area contributed by atoms with E-state index in [0.29, 0.717) is 6.04 Å². The lowest BCUT2D eigenvalue weighted by Crippen LogP contribution is -2.35. The molecule has 2 aromatic heterocycles. The van der Waals surface area contributed by atoms with Crippen molar-refractivity contribution in [2.45, 2.75) is 18.9 Å². The van der Waals surface area contributed by atoms with Gasteiger partial charge in [-0.3, -0.25) is 0 Å². The third-order valence-electron chi connectivity index (χ3n) is 3.78. The Bertz CT molecular complexity index is 588. The molecule has 0 bridgehead atoms. The number of ether oxygens (including phenoxy) is 1. The zero-order valence-corrected chi connectivity index (χ0v) is 11.8. The first-order chi connectivity index (χ1) is 10.3. The number of rotatable bonds is 3. The highest BCUT2D eigenvalue weighted by Crippen LogP contribution is 2.24. The van der Waals surface area contributed by atoms with Crippen molar-refractivity contribution in [3.8, 4) is 0 Å². The van der Waals surface area contributed by atoms with Gasteiger partial charge in [-0.05, 0) is 25.0 Å². The molecule has 0 N–H and O–H groups in total. The summed E-state index contributed by atoms with van der Waals surface area (Å²) in [6.45, 7) is 1.82. The summed E-state index contributed by atoms with van der Waals surface area (Å²) in [4.78, 5) is 17.6. The lowest BCUT2D eigenvalue weighted by atomic mass is 10.1. The number of anilines is 1. The number of aromatic nitrogens is 4. The summed E-state index contributed by atoms with van der Waals surface area (Å²) in [7, 11) is 1.33. The largest absolute Gasteiger partial charge is 0.464 e. The molecule has 1 fully saturated rings. The second-order valence-electron chi connectivity index (χ2n) is 5.00. The maximum atomic E-state index is 11.3. The van der Waals surface area contributed by atoms with Crippen LogP contribution in [0.3, 0.4) is 0 Å². The number of hydrogen-bond acceptors (Lipinski definition) is 6. The van der Waals surface area contributed by atoms with Gasteiger partial charge in [0.05, 0.1) is 13.4 Å². The van der Waals surface area contributed by atoms with Gasteiger partial charge in [0.25, 0.3) is 0 Å². The van der Waals surface area contributed by atoms with Gasteiger partial charge in [-0.15, -0.1) is 10.2 Å². The van der Waals surface area contributed by atoms with Crippen LogP contribution in [-0.4, -0.2) is 45.9 Å². The van der Waals surface area contributed by atoms with Crippen LogP contribution in [-0.2, 0) is 4.74 Å². The van der Waals surface area contributed by atoms with E-state index >= 15 is 0 Å². The minimum atomic E-state index is -0.465. The number of piperidine rings is 1. The fourth-order valence-electron chi connectivity index (χ4n) is 2.59. The molecule has 0 amide bonds. The first-order valence-corrected chi connectivity index (χ1v) is 6.92. The molecule has 0 unspecified atom stereocenters. The smallest absolute Gasteiger partial charge is 0.358 e. The summed E-state index contributed by atoms with van der Waals surface area (Å²) in [5.74, 6) is 0.333. The molecule has 3 rings (SSSR count). The Morgan fingerprint density at radius 1 is 1.29 bits per heavy atom. The Hall–Kier alpha value is -2.44. The highest BCUT2D eigenvalue weighted by molar-refractivity contribution is 5.86. The monoisotopic (exact) mass is 287 g/mol. The van der Waals surface area contributed by atoms with Crippen LogP contribution < -0.4 is 4.90 Å². The number of nitrogens with zero attached hydrogens (tertiary/aromatic N) is 5. The number of carbonyl (C=O) groups is 1. The molecule has 7 heteroatoms. The number of carbonyl (C=O) groups excluding carboxylic acids is 1.